The van der Waals surface area contributed by atoms with Gasteiger partial charge in [-0.15, -0.1) is 0 Å². The molecule has 0 aromatic carbocycles. The van der Waals surface area contributed by atoms with Crippen molar-refractivity contribution in [3.8, 4) is 0 Å². The van der Waals surface area contributed by atoms with Gasteiger partial charge in [0.05, 0.1) is 12.6 Å². The molecule has 0 aliphatic rings. The zero-order chi connectivity index (χ0) is 13.4. The summed E-state index contributed by atoms with van der Waals surface area (Å²) in [6.45, 7) is 3.13. The fourth-order valence-electron chi connectivity index (χ4n) is 1.07. The van der Waals surface area contributed by atoms with Crippen molar-refractivity contribution >= 4 is 17.8 Å². The van der Waals surface area contributed by atoms with Gasteiger partial charge in [0, 0.05) is 0 Å². The summed E-state index contributed by atoms with van der Waals surface area (Å²) in [5.41, 5.74) is 5.44. The molecule has 98 valence electrons. The van der Waals surface area contributed by atoms with Crippen LogP contribution in [-0.4, -0.2) is 41.5 Å². The number of amides is 2. The molecule has 0 radical (unpaired) electrons. The predicted molar refractivity (Wildman–Crippen MR) is 61.1 cm³/mol. The molecule has 5 N–H and O–H groups in total. The van der Waals surface area contributed by atoms with Crippen molar-refractivity contribution in [3.63, 3.8) is 0 Å². The van der Waals surface area contributed by atoms with Gasteiger partial charge in [0.2, 0.25) is 11.8 Å². The largest absolute Gasteiger partial charge is 0.480 e. The Balaban J connectivity index is 4.03. The molecule has 17 heavy (non-hydrogen) atoms. The van der Waals surface area contributed by atoms with Crippen molar-refractivity contribution in [2.75, 3.05) is 6.54 Å². The van der Waals surface area contributed by atoms with Crippen molar-refractivity contribution in [3.05, 3.63) is 0 Å². The number of nitrogens with two attached hydrogens (primary N) is 1. The van der Waals surface area contributed by atoms with Crippen LogP contribution in [0.25, 0.3) is 0 Å². The van der Waals surface area contributed by atoms with Gasteiger partial charge in [-0.05, 0) is 12.8 Å². The summed E-state index contributed by atoms with van der Waals surface area (Å²) in [5.74, 6) is -2.07. The van der Waals surface area contributed by atoms with Gasteiger partial charge in [0.1, 0.15) is 6.04 Å². The minimum absolute atomic E-state index is 0.268. The van der Waals surface area contributed by atoms with E-state index in [9.17, 15) is 14.4 Å². The van der Waals surface area contributed by atoms with Gasteiger partial charge in [-0.3, -0.25) is 9.59 Å². The van der Waals surface area contributed by atoms with E-state index < -0.39 is 29.9 Å². The Labute approximate surface area is 99.7 Å². The van der Waals surface area contributed by atoms with Crippen molar-refractivity contribution in [2.45, 2.75) is 38.8 Å². The average molecular weight is 245 g/mol. The molecule has 0 rings (SSSR count). The number of hydrogen-bond acceptors (Lipinski definition) is 4. The normalized spacial score (nSPS) is 13.6. The molecule has 0 spiro atoms. The molecule has 2 amide bonds. The first-order valence-electron chi connectivity index (χ1n) is 5.47. The van der Waals surface area contributed by atoms with Crippen LogP contribution < -0.4 is 16.4 Å². The lowest BCUT2D eigenvalue weighted by Crippen LogP contribution is -2.48. The zero-order valence-electron chi connectivity index (χ0n) is 10.0. The lowest BCUT2D eigenvalue weighted by molar-refractivity contribution is -0.141. The van der Waals surface area contributed by atoms with Crippen LogP contribution in [0.15, 0.2) is 0 Å². The minimum Gasteiger partial charge on any atom is -0.480 e. The van der Waals surface area contributed by atoms with Gasteiger partial charge in [-0.1, -0.05) is 13.8 Å². The van der Waals surface area contributed by atoms with Crippen LogP contribution in [0.1, 0.15) is 26.7 Å². The first-order valence-corrected chi connectivity index (χ1v) is 5.47. The lowest BCUT2D eigenvalue weighted by atomic mass is 10.2. The zero-order valence-corrected chi connectivity index (χ0v) is 10.0. The number of nitrogens with one attached hydrogen (secondary N) is 2. The first kappa shape index (κ1) is 15.4. The fraction of sp³-hybridized carbons (Fsp3) is 0.700. The van der Waals surface area contributed by atoms with Gasteiger partial charge < -0.3 is 21.5 Å². The summed E-state index contributed by atoms with van der Waals surface area (Å²) < 4.78 is 0. The molecule has 0 saturated heterocycles. The molecule has 0 saturated carbocycles. The van der Waals surface area contributed by atoms with Gasteiger partial charge in [-0.25, -0.2) is 4.79 Å². The second-order valence-electron chi connectivity index (χ2n) is 3.60. The van der Waals surface area contributed by atoms with E-state index in [-0.39, 0.29) is 13.0 Å². The van der Waals surface area contributed by atoms with E-state index in [0.29, 0.717) is 6.42 Å². The van der Waals surface area contributed by atoms with Crippen LogP contribution >= 0.6 is 0 Å². The van der Waals surface area contributed by atoms with Gasteiger partial charge in [0.15, 0.2) is 0 Å². The number of carbonyl (C=O) groups excluding carboxylic acids is 2. The Hall–Kier alpha value is -1.63. The maximum absolute atomic E-state index is 11.3. The van der Waals surface area contributed by atoms with Crippen molar-refractivity contribution in [1.29, 1.82) is 0 Å². The summed E-state index contributed by atoms with van der Waals surface area (Å²) in [6.07, 6.45) is 0.754. The minimum atomic E-state index is -1.10. The van der Waals surface area contributed by atoms with Gasteiger partial charge in [-0.2, -0.15) is 0 Å². The lowest BCUT2D eigenvalue weighted by Gasteiger charge is -2.13. The molecule has 7 nitrogen and oxygen atoms in total. The second kappa shape index (κ2) is 7.61. The number of aliphatic carboxylic acids is 1. The summed E-state index contributed by atoms with van der Waals surface area (Å²) in [5, 5.41) is 13.3. The van der Waals surface area contributed by atoms with Gasteiger partial charge in [0.25, 0.3) is 0 Å². The molecule has 0 aromatic rings. The van der Waals surface area contributed by atoms with Crippen LogP contribution in [0.5, 0.6) is 0 Å². The summed E-state index contributed by atoms with van der Waals surface area (Å²) in [7, 11) is 0. The molecule has 0 bridgehead atoms. The molecular weight excluding hydrogens is 226 g/mol. The summed E-state index contributed by atoms with van der Waals surface area (Å²) in [4.78, 5) is 33.2. The maximum Gasteiger partial charge on any atom is 0.326 e. The van der Waals surface area contributed by atoms with Crippen LogP contribution in [0, 0.1) is 0 Å². The Morgan fingerprint density at radius 2 is 1.82 bits per heavy atom. The maximum atomic E-state index is 11.3. The Bertz CT molecular complexity index is 293. The van der Waals surface area contributed by atoms with Crippen LogP contribution in [-0.2, 0) is 14.4 Å². The molecule has 0 unspecified atom stereocenters. The molecular formula is C10H19N3O4. The molecule has 0 heterocycles. The number of hydrogen-bond donors (Lipinski definition) is 4. The highest BCUT2D eigenvalue weighted by molar-refractivity contribution is 5.89. The van der Waals surface area contributed by atoms with Crippen molar-refractivity contribution in [2.24, 2.45) is 5.73 Å². The molecule has 0 aliphatic heterocycles. The number of rotatable bonds is 7. The fourth-order valence-corrected chi connectivity index (χ4v) is 1.07. The molecule has 0 fully saturated rings. The SMILES string of the molecule is CC[C@H](NC(=O)CNC(=O)[C@@H](N)CC)C(=O)O. The molecule has 0 aromatic heterocycles. The smallest absolute Gasteiger partial charge is 0.326 e. The topological polar surface area (TPSA) is 122 Å². The Morgan fingerprint density at radius 3 is 2.24 bits per heavy atom. The van der Waals surface area contributed by atoms with E-state index in [1.807, 2.05) is 0 Å². The van der Waals surface area contributed by atoms with Crippen molar-refractivity contribution in [1.82, 2.24) is 10.6 Å². The third kappa shape index (κ3) is 5.86. The van der Waals surface area contributed by atoms with E-state index in [2.05, 4.69) is 10.6 Å². The van der Waals surface area contributed by atoms with Crippen LogP contribution in [0.4, 0.5) is 0 Å². The first-order chi connectivity index (χ1) is 7.92. The third-order valence-corrected chi connectivity index (χ3v) is 2.24. The van der Waals surface area contributed by atoms with Crippen LogP contribution in [0.2, 0.25) is 0 Å². The monoisotopic (exact) mass is 245 g/mol. The number of carboxylic acids is 1. The summed E-state index contributed by atoms with van der Waals surface area (Å²) in [6, 6.07) is -1.58. The van der Waals surface area contributed by atoms with E-state index in [0.717, 1.165) is 0 Å². The highest BCUT2D eigenvalue weighted by atomic mass is 16.4. The molecule has 2 atom stereocenters. The number of carboxylic acid groups (broad SMARTS) is 1. The highest BCUT2D eigenvalue weighted by Crippen LogP contribution is 1.90. The second-order valence-corrected chi connectivity index (χ2v) is 3.60. The van der Waals surface area contributed by atoms with E-state index >= 15 is 0 Å². The predicted octanol–water partition coefficient (Wildman–Crippen LogP) is -1.18. The highest BCUT2D eigenvalue weighted by Gasteiger charge is 2.18. The average Bonchev–Trinajstić information content (AvgIpc) is 2.31. The third-order valence-electron chi connectivity index (χ3n) is 2.24. The van der Waals surface area contributed by atoms with E-state index in [4.69, 9.17) is 10.8 Å². The van der Waals surface area contributed by atoms with E-state index in [1.165, 1.54) is 0 Å². The quantitative estimate of drug-likeness (QED) is 0.450. The Kier molecular flexibility index (Phi) is 6.88. The summed E-state index contributed by atoms with van der Waals surface area (Å²) >= 11 is 0. The van der Waals surface area contributed by atoms with Gasteiger partial charge >= 0.3 is 5.97 Å². The standard InChI is InChI=1S/C10H19N3O4/c1-3-6(11)9(15)12-5-8(14)13-7(4-2)10(16)17/h6-7H,3-5,11H2,1-2H3,(H,12,15)(H,13,14)(H,16,17)/t6-,7-/m0/s1. The van der Waals surface area contributed by atoms with Crippen molar-refractivity contribution < 1.29 is 19.5 Å². The molecule has 0 aliphatic carbocycles. The number of carbonyl (C=O) groups is 3. The van der Waals surface area contributed by atoms with Crippen LogP contribution in [0.3, 0.4) is 0 Å². The molecule has 7 heteroatoms. The Morgan fingerprint density at radius 1 is 1.24 bits per heavy atom. The van der Waals surface area contributed by atoms with E-state index in [1.54, 1.807) is 13.8 Å².